The number of imidazole rings is 1. The van der Waals surface area contributed by atoms with E-state index in [4.69, 9.17) is 9.47 Å². The third-order valence-electron chi connectivity index (χ3n) is 3.34. The molecule has 2 rings (SSSR count). The minimum atomic E-state index is -2.59. The number of nitrogens with zero attached hydrogens (tertiary/aromatic N) is 2. The summed E-state index contributed by atoms with van der Waals surface area (Å²) in [5.41, 5.74) is 1.24. The number of para-hydroxylation sites is 2. The molecule has 6 nitrogen and oxygen atoms in total. The molecule has 0 aliphatic carbocycles. The van der Waals surface area contributed by atoms with Crippen LogP contribution in [0, 0.1) is 0 Å². The quantitative estimate of drug-likeness (QED) is 0.484. The SMILES string of the molecule is COCCOCCCNC(=O)Cn1c(SC(F)F)nc2ccccc21. The number of benzene rings is 1. The van der Waals surface area contributed by atoms with E-state index in [2.05, 4.69) is 10.3 Å². The fraction of sp³-hybridized carbons (Fsp3) is 0.500. The van der Waals surface area contributed by atoms with Crippen molar-refractivity contribution in [2.75, 3.05) is 33.5 Å². The molecule has 138 valence electrons. The molecule has 0 fully saturated rings. The van der Waals surface area contributed by atoms with Crippen molar-refractivity contribution in [3.8, 4) is 0 Å². The second kappa shape index (κ2) is 10.3. The van der Waals surface area contributed by atoms with E-state index in [1.807, 2.05) is 0 Å². The Bertz CT molecular complexity index is 682. The molecule has 0 spiro atoms. The molecule has 0 aliphatic heterocycles. The van der Waals surface area contributed by atoms with Crippen molar-refractivity contribution >= 4 is 28.7 Å². The highest BCUT2D eigenvalue weighted by molar-refractivity contribution is 7.99. The van der Waals surface area contributed by atoms with Gasteiger partial charge in [0, 0.05) is 20.3 Å². The van der Waals surface area contributed by atoms with E-state index >= 15 is 0 Å². The second-order valence-electron chi connectivity index (χ2n) is 5.16. The largest absolute Gasteiger partial charge is 0.382 e. The van der Waals surface area contributed by atoms with Crippen molar-refractivity contribution in [1.29, 1.82) is 0 Å². The number of carbonyl (C=O) groups is 1. The number of ether oxygens (including phenoxy) is 2. The summed E-state index contributed by atoms with van der Waals surface area (Å²) in [6.07, 6.45) is 0.665. The summed E-state index contributed by atoms with van der Waals surface area (Å²) in [5, 5.41) is 2.90. The Morgan fingerprint density at radius 1 is 1.32 bits per heavy atom. The average molecular weight is 373 g/mol. The van der Waals surface area contributed by atoms with Crippen LogP contribution in [0.15, 0.2) is 29.4 Å². The van der Waals surface area contributed by atoms with Gasteiger partial charge in [-0.1, -0.05) is 12.1 Å². The van der Waals surface area contributed by atoms with Gasteiger partial charge in [0.05, 0.1) is 24.2 Å². The standard InChI is InChI=1S/C16H21F2N3O3S/c1-23-9-10-24-8-4-7-19-14(22)11-21-13-6-3-2-5-12(13)20-16(21)25-15(17)18/h2-3,5-6,15H,4,7-11H2,1H3,(H,19,22). The maximum absolute atomic E-state index is 12.7. The fourth-order valence-corrected chi connectivity index (χ4v) is 2.82. The zero-order valence-corrected chi connectivity index (χ0v) is 14.7. The van der Waals surface area contributed by atoms with Crippen LogP contribution in [0.1, 0.15) is 6.42 Å². The highest BCUT2D eigenvalue weighted by Crippen LogP contribution is 2.28. The van der Waals surface area contributed by atoms with Crippen LogP contribution in [0.2, 0.25) is 0 Å². The smallest absolute Gasteiger partial charge is 0.291 e. The minimum Gasteiger partial charge on any atom is -0.382 e. The molecule has 2 aromatic rings. The molecule has 0 unspecified atom stereocenters. The van der Waals surface area contributed by atoms with Crippen LogP contribution in [0.4, 0.5) is 8.78 Å². The van der Waals surface area contributed by atoms with Gasteiger partial charge in [-0.05, 0) is 30.3 Å². The summed E-state index contributed by atoms with van der Waals surface area (Å²) in [6, 6.07) is 7.05. The lowest BCUT2D eigenvalue weighted by Gasteiger charge is -2.09. The van der Waals surface area contributed by atoms with Gasteiger partial charge in [0.2, 0.25) is 5.91 Å². The topological polar surface area (TPSA) is 65.4 Å². The Hall–Kier alpha value is -1.71. The van der Waals surface area contributed by atoms with E-state index in [0.717, 1.165) is 0 Å². The van der Waals surface area contributed by atoms with Crippen molar-refractivity contribution in [3.05, 3.63) is 24.3 Å². The number of amides is 1. The maximum atomic E-state index is 12.7. The van der Waals surface area contributed by atoms with E-state index in [-0.39, 0.29) is 17.6 Å². The Kier molecular flexibility index (Phi) is 8.10. The molecule has 1 amide bonds. The van der Waals surface area contributed by atoms with Gasteiger partial charge in [-0.15, -0.1) is 0 Å². The molecule has 0 saturated heterocycles. The van der Waals surface area contributed by atoms with Crippen LogP contribution in [0.25, 0.3) is 11.0 Å². The van der Waals surface area contributed by atoms with Gasteiger partial charge in [-0.3, -0.25) is 4.79 Å². The number of carbonyl (C=O) groups excluding carboxylic acids is 1. The first-order chi connectivity index (χ1) is 12.1. The van der Waals surface area contributed by atoms with Crippen molar-refractivity contribution in [1.82, 2.24) is 14.9 Å². The number of hydrogen-bond acceptors (Lipinski definition) is 5. The van der Waals surface area contributed by atoms with Crippen LogP contribution in [-0.4, -0.2) is 54.7 Å². The third-order valence-corrected chi connectivity index (χ3v) is 4.04. The number of hydrogen-bond donors (Lipinski definition) is 1. The first kappa shape index (κ1) is 19.6. The Morgan fingerprint density at radius 3 is 2.88 bits per heavy atom. The summed E-state index contributed by atoms with van der Waals surface area (Å²) in [6.45, 7) is 1.96. The van der Waals surface area contributed by atoms with E-state index in [9.17, 15) is 13.6 Å². The number of nitrogens with one attached hydrogen (secondary N) is 1. The number of halogens is 2. The molecule has 0 radical (unpaired) electrons. The summed E-state index contributed by atoms with van der Waals surface area (Å²) >= 11 is 0.339. The molecule has 0 bridgehead atoms. The number of fused-ring (bicyclic) bond motifs is 1. The monoisotopic (exact) mass is 373 g/mol. The maximum Gasteiger partial charge on any atom is 0.291 e. The van der Waals surface area contributed by atoms with Crippen LogP contribution in [-0.2, 0) is 20.8 Å². The van der Waals surface area contributed by atoms with Crippen molar-refractivity contribution < 1.29 is 23.0 Å². The summed E-state index contributed by atoms with van der Waals surface area (Å²) < 4.78 is 37.1. The van der Waals surface area contributed by atoms with Gasteiger partial charge < -0.3 is 19.4 Å². The normalized spacial score (nSPS) is 11.4. The molecule has 1 N–H and O–H groups in total. The first-order valence-electron chi connectivity index (χ1n) is 7.85. The Labute approximate surface area is 148 Å². The molecule has 25 heavy (non-hydrogen) atoms. The fourth-order valence-electron chi connectivity index (χ4n) is 2.22. The molecular formula is C16H21F2N3O3S. The van der Waals surface area contributed by atoms with Crippen LogP contribution in [0.5, 0.6) is 0 Å². The van der Waals surface area contributed by atoms with Crippen molar-refractivity contribution in [2.24, 2.45) is 0 Å². The lowest BCUT2D eigenvalue weighted by Crippen LogP contribution is -2.29. The molecule has 0 saturated carbocycles. The number of rotatable bonds is 11. The molecule has 1 aromatic heterocycles. The lowest BCUT2D eigenvalue weighted by atomic mass is 10.3. The molecule has 9 heteroatoms. The van der Waals surface area contributed by atoms with E-state index in [1.165, 1.54) is 4.57 Å². The third kappa shape index (κ3) is 6.26. The van der Waals surface area contributed by atoms with E-state index in [0.29, 0.717) is 55.6 Å². The minimum absolute atomic E-state index is 0.0555. The Balaban J connectivity index is 1.89. The van der Waals surface area contributed by atoms with E-state index in [1.54, 1.807) is 31.4 Å². The highest BCUT2D eigenvalue weighted by atomic mass is 32.2. The van der Waals surface area contributed by atoms with Gasteiger partial charge in [0.25, 0.3) is 5.76 Å². The van der Waals surface area contributed by atoms with Gasteiger partial charge >= 0.3 is 0 Å². The average Bonchev–Trinajstić information content (AvgIpc) is 2.91. The summed E-state index contributed by atoms with van der Waals surface area (Å²) in [4.78, 5) is 16.3. The number of alkyl halides is 2. The van der Waals surface area contributed by atoms with Crippen LogP contribution < -0.4 is 5.32 Å². The zero-order valence-electron chi connectivity index (χ0n) is 13.9. The summed E-state index contributed by atoms with van der Waals surface area (Å²) in [7, 11) is 1.60. The molecule has 1 aromatic carbocycles. The first-order valence-corrected chi connectivity index (χ1v) is 8.73. The van der Waals surface area contributed by atoms with Gasteiger partial charge in [-0.2, -0.15) is 8.78 Å². The lowest BCUT2D eigenvalue weighted by molar-refractivity contribution is -0.121. The van der Waals surface area contributed by atoms with Crippen molar-refractivity contribution in [2.45, 2.75) is 23.9 Å². The second-order valence-corrected chi connectivity index (χ2v) is 6.11. The zero-order chi connectivity index (χ0) is 18.1. The Morgan fingerprint density at radius 2 is 2.12 bits per heavy atom. The molecule has 0 aliphatic rings. The van der Waals surface area contributed by atoms with Gasteiger partial charge in [-0.25, -0.2) is 4.98 Å². The predicted molar refractivity (Wildman–Crippen MR) is 91.9 cm³/mol. The predicted octanol–water partition coefficient (Wildman–Crippen LogP) is 2.52. The van der Waals surface area contributed by atoms with Crippen LogP contribution >= 0.6 is 11.8 Å². The van der Waals surface area contributed by atoms with Crippen LogP contribution in [0.3, 0.4) is 0 Å². The van der Waals surface area contributed by atoms with Gasteiger partial charge in [0.15, 0.2) is 5.16 Å². The van der Waals surface area contributed by atoms with Crippen molar-refractivity contribution in [3.63, 3.8) is 0 Å². The number of aromatic nitrogens is 2. The number of thioether (sulfide) groups is 1. The molecule has 0 atom stereocenters. The summed E-state index contributed by atoms with van der Waals surface area (Å²) in [5.74, 6) is -2.85. The number of methoxy groups -OCH3 is 1. The molecular weight excluding hydrogens is 352 g/mol. The highest BCUT2D eigenvalue weighted by Gasteiger charge is 2.17. The van der Waals surface area contributed by atoms with Gasteiger partial charge in [0.1, 0.15) is 6.54 Å². The van der Waals surface area contributed by atoms with E-state index < -0.39 is 5.76 Å². The molecule has 1 heterocycles.